The van der Waals surface area contributed by atoms with Gasteiger partial charge in [-0.25, -0.2) is 0 Å². The highest BCUT2D eigenvalue weighted by Gasteiger charge is 2.36. The maximum Gasteiger partial charge on any atom is 0.100 e. The molecule has 1 aliphatic heterocycles. The quantitative estimate of drug-likeness (QED) is 0.878. The smallest absolute Gasteiger partial charge is 0.100 e. The van der Waals surface area contributed by atoms with Crippen LogP contribution in [0.5, 0.6) is 0 Å². The van der Waals surface area contributed by atoms with E-state index >= 15 is 0 Å². The van der Waals surface area contributed by atoms with E-state index in [9.17, 15) is 5.11 Å². The van der Waals surface area contributed by atoms with Crippen LogP contribution < -0.4 is 5.73 Å². The number of aliphatic hydroxyl groups excluding tert-OH is 1. The second-order valence-corrected chi connectivity index (χ2v) is 5.96. The zero-order valence-electron chi connectivity index (χ0n) is 12.0. The normalized spacial score (nSPS) is 19.9. The molecule has 2 rings (SSSR count). The number of hydrogen-bond acceptors (Lipinski definition) is 4. The van der Waals surface area contributed by atoms with Crippen molar-refractivity contribution in [2.75, 3.05) is 18.8 Å². The van der Waals surface area contributed by atoms with Crippen LogP contribution >= 0.6 is 0 Å². The largest absolute Gasteiger partial charge is 0.398 e. The molecule has 0 spiro atoms. The molecule has 1 aliphatic rings. The van der Waals surface area contributed by atoms with Gasteiger partial charge >= 0.3 is 0 Å². The Bertz CT molecular complexity index is 412. The van der Waals surface area contributed by atoms with Crippen molar-refractivity contribution in [2.24, 2.45) is 0 Å². The van der Waals surface area contributed by atoms with Crippen LogP contribution in [0.4, 0.5) is 5.69 Å². The summed E-state index contributed by atoms with van der Waals surface area (Å²) in [5.41, 5.74) is 6.99. The van der Waals surface area contributed by atoms with Gasteiger partial charge in [-0.05, 0) is 45.8 Å². The Balaban J connectivity index is 2.20. The first-order valence-electron chi connectivity index (χ1n) is 7.16. The molecule has 0 aromatic carbocycles. The van der Waals surface area contributed by atoms with Crippen LogP contribution in [0, 0.1) is 0 Å². The summed E-state index contributed by atoms with van der Waals surface area (Å²) < 4.78 is 0. The van der Waals surface area contributed by atoms with Crippen molar-refractivity contribution < 1.29 is 5.11 Å². The number of nitrogens with zero attached hydrogens (tertiary/aromatic N) is 2. The molecule has 0 aliphatic carbocycles. The Morgan fingerprint density at radius 3 is 2.47 bits per heavy atom. The highest BCUT2D eigenvalue weighted by Crippen LogP contribution is 2.34. The molecule has 1 aromatic heterocycles. The summed E-state index contributed by atoms with van der Waals surface area (Å²) in [6, 6.07) is 1.75. The first-order chi connectivity index (χ1) is 9.03. The van der Waals surface area contributed by atoms with Gasteiger partial charge in [-0.1, -0.05) is 12.8 Å². The van der Waals surface area contributed by atoms with Crippen molar-refractivity contribution in [3.05, 3.63) is 24.0 Å². The maximum atomic E-state index is 10.7. The van der Waals surface area contributed by atoms with Crippen molar-refractivity contribution in [1.82, 2.24) is 9.88 Å². The summed E-state index contributed by atoms with van der Waals surface area (Å²) in [5, 5.41) is 10.7. The fourth-order valence-corrected chi connectivity index (χ4v) is 2.85. The average molecular weight is 263 g/mol. The van der Waals surface area contributed by atoms with E-state index in [4.69, 9.17) is 5.73 Å². The fraction of sp³-hybridized carbons (Fsp3) is 0.667. The minimum atomic E-state index is -0.612. The van der Waals surface area contributed by atoms with E-state index in [1.807, 2.05) is 0 Å². The van der Waals surface area contributed by atoms with Gasteiger partial charge in [0.15, 0.2) is 0 Å². The summed E-state index contributed by atoms with van der Waals surface area (Å²) in [4.78, 5) is 6.47. The molecule has 1 saturated heterocycles. The second-order valence-electron chi connectivity index (χ2n) is 5.96. The predicted molar refractivity (Wildman–Crippen MR) is 77.7 cm³/mol. The van der Waals surface area contributed by atoms with Gasteiger partial charge in [-0.2, -0.15) is 0 Å². The molecular formula is C15H25N3O. The lowest BCUT2D eigenvalue weighted by Crippen LogP contribution is -2.49. The van der Waals surface area contributed by atoms with Crippen molar-refractivity contribution in [2.45, 2.75) is 51.2 Å². The van der Waals surface area contributed by atoms with Crippen molar-refractivity contribution in [3.63, 3.8) is 0 Å². The number of anilines is 1. The minimum absolute atomic E-state index is 0.318. The Kier molecular flexibility index (Phi) is 4.42. The Labute approximate surface area is 115 Å². The Hall–Kier alpha value is -1.13. The van der Waals surface area contributed by atoms with Gasteiger partial charge in [0.1, 0.15) is 6.10 Å². The number of likely N-dealkylation sites (tertiary alicyclic amines) is 1. The molecule has 1 unspecified atom stereocenters. The molecule has 1 aromatic rings. The van der Waals surface area contributed by atoms with E-state index in [1.165, 1.54) is 25.7 Å². The predicted octanol–water partition coefficient (Wildman–Crippen LogP) is 2.35. The molecule has 2 heterocycles. The summed E-state index contributed by atoms with van der Waals surface area (Å²) in [6.07, 6.45) is 7.72. The van der Waals surface area contributed by atoms with Crippen LogP contribution in [0.15, 0.2) is 18.5 Å². The molecule has 1 fully saturated rings. The number of hydrogen-bond donors (Lipinski definition) is 2. The lowest BCUT2D eigenvalue weighted by Gasteiger charge is -2.41. The zero-order chi connectivity index (χ0) is 13.9. The summed E-state index contributed by atoms with van der Waals surface area (Å²) in [6.45, 7) is 6.28. The Morgan fingerprint density at radius 1 is 1.26 bits per heavy atom. The molecule has 0 amide bonds. The lowest BCUT2D eigenvalue weighted by atomic mass is 9.89. The van der Waals surface area contributed by atoms with Gasteiger partial charge in [-0.15, -0.1) is 0 Å². The molecule has 0 radical (unpaired) electrons. The zero-order valence-corrected chi connectivity index (χ0v) is 12.0. The third kappa shape index (κ3) is 3.07. The van der Waals surface area contributed by atoms with Crippen LogP contribution in [0.1, 0.15) is 51.2 Å². The van der Waals surface area contributed by atoms with Crippen LogP contribution in [0.2, 0.25) is 0 Å². The van der Waals surface area contributed by atoms with Crippen LogP contribution in [0.3, 0.4) is 0 Å². The number of pyridine rings is 1. The van der Waals surface area contributed by atoms with E-state index in [-0.39, 0.29) is 5.54 Å². The van der Waals surface area contributed by atoms with E-state index in [0.29, 0.717) is 5.69 Å². The van der Waals surface area contributed by atoms with Gasteiger partial charge in [0.2, 0.25) is 0 Å². The topological polar surface area (TPSA) is 62.4 Å². The SMILES string of the molecule is CC(C)(C(O)c1cnccc1N)N1CCCCCC1. The van der Waals surface area contributed by atoms with E-state index in [2.05, 4.69) is 23.7 Å². The van der Waals surface area contributed by atoms with Gasteiger partial charge in [-0.3, -0.25) is 9.88 Å². The van der Waals surface area contributed by atoms with Crippen molar-refractivity contribution in [3.8, 4) is 0 Å². The van der Waals surface area contributed by atoms with Crippen molar-refractivity contribution >= 4 is 5.69 Å². The summed E-state index contributed by atoms with van der Waals surface area (Å²) in [7, 11) is 0. The second kappa shape index (κ2) is 5.88. The molecule has 3 N–H and O–H groups in total. The summed E-state index contributed by atoms with van der Waals surface area (Å²) in [5.74, 6) is 0. The number of rotatable bonds is 3. The molecule has 106 valence electrons. The first-order valence-corrected chi connectivity index (χ1v) is 7.16. The number of aromatic nitrogens is 1. The highest BCUT2D eigenvalue weighted by atomic mass is 16.3. The molecular weight excluding hydrogens is 238 g/mol. The molecule has 19 heavy (non-hydrogen) atoms. The van der Waals surface area contributed by atoms with Crippen LogP contribution in [0.25, 0.3) is 0 Å². The molecule has 0 bridgehead atoms. The van der Waals surface area contributed by atoms with Crippen LogP contribution in [-0.4, -0.2) is 33.6 Å². The van der Waals surface area contributed by atoms with Gasteiger partial charge in [0, 0.05) is 29.2 Å². The third-order valence-corrected chi connectivity index (χ3v) is 4.27. The molecule has 4 heteroatoms. The number of aliphatic hydroxyl groups is 1. The highest BCUT2D eigenvalue weighted by molar-refractivity contribution is 5.46. The molecule has 4 nitrogen and oxygen atoms in total. The van der Waals surface area contributed by atoms with Gasteiger partial charge < -0.3 is 10.8 Å². The van der Waals surface area contributed by atoms with Gasteiger partial charge in [0.05, 0.1) is 0 Å². The average Bonchev–Trinajstić information content (AvgIpc) is 2.67. The summed E-state index contributed by atoms with van der Waals surface area (Å²) >= 11 is 0. The monoisotopic (exact) mass is 263 g/mol. The standard InChI is InChI=1S/C15H25N3O/c1-15(2,18-9-5-3-4-6-10-18)14(19)12-11-17-8-7-13(12)16/h7-8,11,14,19H,3-6,9-10H2,1-2H3,(H2,16,17). The van der Waals surface area contributed by atoms with Gasteiger partial charge in [0.25, 0.3) is 0 Å². The minimum Gasteiger partial charge on any atom is -0.398 e. The van der Waals surface area contributed by atoms with Crippen LogP contribution in [-0.2, 0) is 0 Å². The molecule has 1 atom stereocenters. The van der Waals surface area contributed by atoms with E-state index in [1.54, 1.807) is 18.5 Å². The Morgan fingerprint density at radius 2 is 1.89 bits per heavy atom. The van der Waals surface area contributed by atoms with Crippen molar-refractivity contribution in [1.29, 1.82) is 0 Å². The number of nitrogens with two attached hydrogens (primary N) is 1. The first kappa shape index (κ1) is 14.3. The van der Waals surface area contributed by atoms with E-state index in [0.717, 1.165) is 18.7 Å². The lowest BCUT2D eigenvalue weighted by molar-refractivity contribution is -0.00977. The van der Waals surface area contributed by atoms with E-state index < -0.39 is 6.10 Å². The number of nitrogen functional groups attached to an aromatic ring is 1. The third-order valence-electron chi connectivity index (χ3n) is 4.27. The molecule has 0 saturated carbocycles. The fourth-order valence-electron chi connectivity index (χ4n) is 2.85. The maximum absolute atomic E-state index is 10.7.